The summed E-state index contributed by atoms with van der Waals surface area (Å²) in [5, 5.41) is 21.1. The SMILES string of the molecule is CC(C)CCNCC(=O)NC(c1ccccc1)c1ccccc1.O=C(O)C(=O)O. The zero-order chi connectivity index (χ0) is 21.6. The van der Waals surface area contributed by atoms with E-state index in [-0.39, 0.29) is 11.9 Å². The van der Waals surface area contributed by atoms with Gasteiger partial charge in [-0.3, -0.25) is 4.79 Å². The van der Waals surface area contributed by atoms with E-state index in [1.807, 2.05) is 60.7 Å². The highest BCUT2D eigenvalue weighted by atomic mass is 16.4. The van der Waals surface area contributed by atoms with E-state index in [0.29, 0.717) is 12.5 Å². The minimum atomic E-state index is -1.82. The summed E-state index contributed by atoms with van der Waals surface area (Å²) in [5.74, 6) is -2.98. The molecule has 0 fully saturated rings. The van der Waals surface area contributed by atoms with Crippen LogP contribution in [0.25, 0.3) is 0 Å². The Morgan fingerprint density at radius 1 is 0.828 bits per heavy atom. The number of carbonyl (C=O) groups excluding carboxylic acids is 1. The summed E-state index contributed by atoms with van der Waals surface area (Å²) in [5.41, 5.74) is 2.18. The molecule has 0 aliphatic heterocycles. The molecule has 0 atom stereocenters. The van der Waals surface area contributed by atoms with Gasteiger partial charge in [0.05, 0.1) is 12.6 Å². The fraction of sp³-hybridized carbons (Fsp3) is 0.318. The zero-order valence-electron chi connectivity index (χ0n) is 16.7. The number of carboxylic acids is 2. The molecule has 156 valence electrons. The summed E-state index contributed by atoms with van der Waals surface area (Å²) in [6.45, 7) is 5.58. The third-order valence-electron chi connectivity index (χ3n) is 3.94. The molecule has 0 saturated heterocycles. The van der Waals surface area contributed by atoms with Crippen LogP contribution in [0.1, 0.15) is 37.4 Å². The van der Waals surface area contributed by atoms with Crippen LogP contribution in [-0.2, 0) is 14.4 Å². The van der Waals surface area contributed by atoms with Gasteiger partial charge >= 0.3 is 11.9 Å². The first-order valence-corrected chi connectivity index (χ1v) is 9.37. The van der Waals surface area contributed by atoms with E-state index < -0.39 is 11.9 Å². The Balaban J connectivity index is 0.000000612. The maximum absolute atomic E-state index is 12.3. The summed E-state index contributed by atoms with van der Waals surface area (Å²) in [6.07, 6.45) is 1.08. The number of aliphatic carboxylic acids is 2. The van der Waals surface area contributed by atoms with Gasteiger partial charge in [0, 0.05) is 0 Å². The molecule has 7 nitrogen and oxygen atoms in total. The number of hydrogen-bond donors (Lipinski definition) is 4. The number of rotatable bonds is 8. The van der Waals surface area contributed by atoms with Crippen molar-refractivity contribution in [2.75, 3.05) is 13.1 Å². The standard InChI is InChI=1S/C20H26N2O.C2H2O4/c1-16(2)13-14-21-15-19(23)22-20(17-9-5-3-6-10-17)18-11-7-4-8-12-18;3-1(4)2(5)6/h3-12,16,20-21H,13-15H2,1-2H3,(H,22,23);(H,3,4)(H,5,6). The molecule has 29 heavy (non-hydrogen) atoms. The molecule has 0 aromatic heterocycles. The Bertz CT molecular complexity index is 712. The maximum Gasteiger partial charge on any atom is 0.414 e. The lowest BCUT2D eigenvalue weighted by atomic mass is 9.99. The second kappa shape index (κ2) is 13.1. The number of amides is 1. The second-order valence-corrected chi connectivity index (χ2v) is 6.79. The normalized spacial score (nSPS) is 10.2. The molecular formula is C22H28N2O5. The fourth-order valence-corrected chi connectivity index (χ4v) is 2.45. The van der Waals surface area contributed by atoms with Crippen molar-refractivity contribution in [1.29, 1.82) is 0 Å². The minimum absolute atomic E-state index is 0.0199. The predicted octanol–water partition coefficient (Wildman–Crippen LogP) is 2.68. The number of carboxylic acid groups (broad SMARTS) is 2. The molecular weight excluding hydrogens is 372 g/mol. The van der Waals surface area contributed by atoms with Gasteiger partial charge in [0.15, 0.2) is 0 Å². The first-order chi connectivity index (χ1) is 13.8. The highest BCUT2D eigenvalue weighted by Gasteiger charge is 2.16. The first-order valence-electron chi connectivity index (χ1n) is 9.37. The Morgan fingerprint density at radius 3 is 1.66 bits per heavy atom. The molecule has 0 unspecified atom stereocenters. The average molecular weight is 400 g/mol. The van der Waals surface area contributed by atoms with Crippen LogP contribution in [0.5, 0.6) is 0 Å². The summed E-state index contributed by atoms with van der Waals surface area (Å²) >= 11 is 0. The van der Waals surface area contributed by atoms with Crippen LogP contribution < -0.4 is 10.6 Å². The van der Waals surface area contributed by atoms with Crippen molar-refractivity contribution in [3.8, 4) is 0 Å². The molecule has 2 aromatic rings. The van der Waals surface area contributed by atoms with Gasteiger partial charge in [0.25, 0.3) is 0 Å². The Kier molecular flexibility index (Phi) is 10.7. The largest absolute Gasteiger partial charge is 0.473 e. The fourth-order valence-electron chi connectivity index (χ4n) is 2.45. The highest BCUT2D eigenvalue weighted by molar-refractivity contribution is 6.27. The van der Waals surface area contributed by atoms with Gasteiger partial charge in [0.2, 0.25) is 5.91 Å². The van der Waals surface area contributed by atoms with Gasteiger partial charge in [-0.2, -0.15) is 0 Å². The number of nitrogens with one attached hydrogen (secondary N) is 2. The van der Waals surface area contributed by atoms with E-state index in [9.17, 15) is 4.79 Å². The van der Waals surface area contributed by atoms with Crippen molar-refractivity contribution in [3.63, 3.8) is 0 Å². The van der Waals surface area contributed by atoms with Crippen LogP contribution in [0.3, 0.4) is 0 Å². The lowest BCUT2D eigenvalue weighted by Crippen LogP contribution is -2.37. The van der Waals surface area contributed by atoms with Gasteiger partial charge in [0.1, 0.15) is 0 Å². The number of carbonyl (C=O) groups is 3. The zero-order valence-corrected chi connectivity index (χ0v) is 16.7. The first kappa shape index (κ1) is 23.8. The number of hydrogen-bond acceptors (Lipinski definition) is 4. The molecule has 0 aliphatic carbocycles. The molecule has 2 aromatic carbocycles. The van der Waals surface area contributed by atoms with Crippen LogP contribution in [0.15, 0.2) is 60.7 Å². The summed E-state index contributed by atoms with van der Waals surface area (Å²) in [6, 6.07) is 20.0. The van der Waals surface area contributed by atoms with Crippen LogP contribution in [-0.4, -0.2) is 41.1 Å². The van der Waals surface area contributed by atoms with Crippen molar-refractivity contribution < 1.29 is 24.6 Å². The quantitative estimate of drug-likeness (QED) is 0.400. The van der Waals surface area contributed by atoms with Crippen LogP contribution in [0, 0.1) is 5.92 Å². The maximum atomic E-state index is 12.3. The van der Waals surface area contributed by atoms with E-state index >= 15 is 0 Å². The van der Waals surface area contributed by atoms with Crippen LogP contribution in [0.2, 0.25) is 0 Å². The average Bonchev–Trinajstić information content (AvgIpc) is 2.71. The molecule has 0 heterocycles. The Labute approximate surface area is 170 Å². The third-order valence-corrected chi connectivity index (χ3v) is 3.94. The van der Waals surface area contributed by atoms with E-state index in [1.165, 1.54) is 0 Å². The van der Waals surface area contributed by atoms with Gasteiger partial charge in [-0.1, -0.05) is 74.5 Å². The van der Waals surface area contributed by atoms with Crippen LogP contribution in [0.4, 0.5) is 0 Å². The van der Waals surface area contributed by atoms with Crippen molar-refractivity contribution >= 4 is 17.8 Å². The van der Waals surface area contributed by atoms with Crippen molar-refractivity contribution in [3.05, 3.63) is 71.8 Å². The van der Waals surface area contributed by atoms with E-state index in [2.05, 4.69) is 24.5 Å². The Hall–Kier alpha value is -3.19. The van der Waals surface area contributed by atoms with Gasteiger partial charge in [-0.25, -0.2) is 9.59 Å². The Morgan fingerprint density at radius 2 is 1.28 bits per heavy atom. The predicted molar refractivity (Wildman–Crippen MR) is 110 cm³/mol. The smallest absolute Gasteiger partial charge is 0.414 e. The molecule has 1 amide bonds. The summed E-state index contributed by atoms with van der Waals surface area (Å²) in [4.78, 5) is 30.5. The highest BCUT2D eigenvalue weighted by Crippen LogP contribution is 2.21. The molecule has 0 radical (unpaired) electrons. The number of benzene rings is 2. The van der Waals surface area contributed by atoms with E-state index in [1.54, 1.807) is 0 Å². The molecule has 7 heteroatoms. The molecule has 0 saturated carbocycles. The lowest BCUT2D eigenvalue weighted by molar-refractivity contribution is -0.159. The van der Waals surface area contributed by atoms with Crippen molar-refractivity contribution in [2.24, 2.45) is 5.92 Å². The molecule has 4 N–H and O–H groups in total. The minimum Gasteiger partial charge on any atom is -0.473 e. The monoisotopic (exact) mass is 400 g/mol. The molecule has 2 rings (SSSR count). The van der Waals surface area contributed by atoms with E-state index in [4.69, 9.17) is 19.8 Å². The van der Waals surface area contributed by atoms with Crippen LogP contribution >= 0.6 is 0 Å². The molecule has 0 aliphatic rings. The summed E-state index contributed by atoms with van der Waals surface area (Å²) in [7, 11) is 0. The van der Waals surface area contributed by atoms with Gasteiger partial charge < -0.3 is 20.8 Å². The van der Waals surface area contributed by atoms with Crippen molar-refractivity contribution in [2.45, 2.75) is 26.3 Å². The molecule has 0 bridgehead atoms. The lowest BCUT2D eigenvalue weighted by Gasteiger charge is -2.20. The topological polar surface area (TPSA) is 116 Å². The van der Waals surface area contributed by atoms with Gasteiger partial charge in [-0.15, -0.1) is 0 Å². The molecule has 0 spiro atoms. The summed E-state index contributed by atoms with van der Waals surface area (Å²) < 4.78 is 0. The van der Waals surface area contributed by atoms with Crippen molar-refractivity contribution in [1.82, 2.24) is 10.6 Å². The van der Waals surface area contributed by atoms with Gasteiger partial charge in [-0.05, 0) is 30.0 Å². The third kappa shape index (κ3) is 10.1. The van der Waals surface area contributed by atoms with E-state index in [0.717, 1.165) is 24.1 Å². The second-order valence-electron chi connectivity index (χ2n) is 6.79.